The number of amides is 2. The van der Waals surface area contributed by atoms with E-state index >= 15 is 0 Å². The monoisotopic (exact) mass is 421 g/mol. The standard InChI is InChI=1S/C19H23N3O6S/c1-21(13-18(23)20-15-8-6-9-16(12-15)27-3)19(24)14-7-5-10-17(11-14)29(25,26)22(2)28-4/h5-12H,13H2,1-4H3,(H,20,23). The van der Waals surface area contributed by atoms with E-state index in [0.29, 0.717) is 15.9 Å². The number of likely N-dealkylation sites (N-methyl/N-ethyl adjacent to an activating group) is 1. The molecule has 0 aliphatic carbocycles. The minimum absolute atomic E-state index is 0.0954. The Morgan fingerprint density at radius 3 is 2.38 bits per heavy atom. The SMILES string of the molecule is COc1cccc(NC(=O)CN(C)C(=O)c2cccc(S(=O)(=O)N(C)OC)c2)c1. The maximum Gasteiger partial charge on any atom is 0.264 e. The molecule has 2 amide bonds. The second-order valence-electron chi connectivity index (χ2n) is 6.07. The molecule has 0 saturated heterocycles. The van der Waals surface area contributed by atoms with Crippen molar-refractivity contribution in [1.29, 1.82) is 0 Å². The van der Waals surface area contributed by atoms with Crippen LogP contribution < -0.4 is 10.1 Å². The molecule has 0 radical (unpaired) electrons. The number of benzene rings is 2. The molecular weight excluding hydrogens is 398 g/mol. The van der Waals surface area contributed by atoms with E-state index < -0.39 is 21.8 Å². The number of hydroxylamine groups is 1. The number of carbonyl (C=O) groups excluding carboxylic acids is 2. The zero-order valence-corrected chi connectivity index (χ0v) is 17.4. The first-order chi connectivity index (χ1) is 13.7. The summed E-state index contributed by atoms with van der Waals surface area (Å²) in [7, 11) is 1.55. The average Bonchev–Trinajstić information content (AvgIpc) is 2.72. The summed E-state index contributed by atoms with van der Waals surface area (Å²) < 4.78 is 30.5. The molecule has 29 heavy (non-hydrogen) atoms. The van der Waals surface area contributed by atoms with Gasteiger partial charge in [0.1, 0.15) is 5.75 Å². The maximum atomic E-state index is 12.6. The van der Waals surface area contributed by atoms with Crippen LogP contribution in [0.15, 0.2) is 53.4 Å². The fourth-order valence-corrected chi connectivity index (χ4v) is 3.46. The Morgan fingerprint density at radius 1 is 1.03 bits per heavy atom. The molecule has 10 heteroatoms. The van der Waals surface area contributed by atoms with Crippen molar-refractivity contribution in [2.75, 3.05) is 40.2 Å². The number of sulfonamides is 1. The van der Waals surface area contributed by atoms with E-state index in [4.69, 9.17) is 9.57 Å². The number of ether oxygens (including phenoxy) is 1. The van der Waals surface area contributed by atoms with E-state index in [9.17, 15) is 18.0 Å². The van der Waals surface area contributed by atoms with Gasteiger partial charge in [-0.2, -0.15) is 0 Å². The van der Waals surface area contributed by atoms with E-state index in [0.717, 1.165) is 0 Å². The Labute approximate surface area is 169 Å². The van der Waals surface area contributed by atoms with Crippen LogP contribution in [0.3, 0.4) is 0 Å². The predicted octanol–water partition coefficient (Wildman–Crippen LogP) is 1.59. The third-order valence-corrected chi connectivity index (χ3v) is 5.73. The number of carbonyl (C=O) groups is 2. The highest BCUT2D eigenvalue weighted by Gasteiger charge is 2.23. The molecule has 0 fully saturated rings. The summed E-state index contributed by atoms with van der Waals surface area (Å²) in [5, 5.41) is 2.68. The molecule has 0 atom stereocenters. The molecular formula is C19H23N3O6S. The molecule has 0 unspecified atom stereocenters. The third-order valence-electron chi connectivity index (χ3n) is 4.06. The fraction of sp³-hybridized carbons (Fsp3) is 0.263. The average molecular weight is 421 g/mol. The number of rotatable bonds is 8. The lowest BCUT2D eigenvalue weighted by atomic mass is 10.2. The molecule has 0 heterocycles. The van der Waals surface area contributed by atoms with Gasteiger partial charge in [0.15, 0.2) is 0 Å². The van der Waals surface area contributed by atoms with E-state index in [1.54, 1.807) is 24.3 Å². The zero-order valence-electron chi connectivity index (χ0n) is 16.6. The highest BCUT2D eigenvalue weighted by molar-refractivity contribution is 7.89. The van der Waals surface area contributed by atoms with E-state index in [1.165, 1.54) is 57.5 Å². The minimum Gasteiger partial charge on any atom is -0.497 e. The van der Waals surface area contributed by atoms with Gasteiger partial charge < -0.3 is 15.0 Å². The predicted molar refractivity (Wildman–Crippen MR) is 107 cm³/mol. The summed E-state index contributed by atoms with van der Waals surface area (Å²) in [5.74, 6) is -0.314. The van der Waals surface area contributed by atoms with Crippen molar-refractivity contribution in [2.45, 2.75) is 4.90 Å². The molecule has 2 aromatic rings. The van der Waals surface area contributed by atoms with Crippen LogP contribution in [0, 0.1) is 0 Å². The van der Waals surface area contributed by atoms with Crippen LogP contribution in [0.1, 0.15) is 10.4 Å². The lowest BCUT2D eigenvalue weighted by molar-refractivity contribution is -0.116. The van der Waals surface area contributed by atoms with Crippen molar-refractivity contribution in [2.24, 2.45) is 0 Å². The van der Waals surface area contributed by atoms with Crippen molar-refractivity contribution in [3.05, 3.63) is 54.1 Å². The normalized spacial score (nSPS) is 11.2. The molecule has 2 aromatic carbocycles. The van der Waals surface area contributed by atoms with E-state index in [-0.39, 0.29) is 17.0 Å². The quantitative estimate of drug-likeness (QED) is 0.649. The van der Waals surface area contributed by atoms with Gasteiger partial charge in [0, 0.05) is 31.4 Å². The molecule has 0 saturated carbocycles. The highest BCUT2D eigenvalue weighted by atomic mass is 32.2. The topological polar surface area (TPSA) is 105 Å². The summed E-state index contributed by atoms with van der Waals surface area (Å²) in [6.45, 7) is -0.217. The number of nitrogens with zero attached hydrogens (tertiary/aromatic N) is 2. The Morgan fingerprint density at radius 2 is 1.72 bits per heavy atom. The molecule has 1 N–H and O–H groups in total. The smallest absolute Gasteiger partial charge is 0.264 e. The Balaban J connectivity index is 2.10. The van der Waals surface area contributed by atoms with Gasteiger partial charge in [-0.3, -0.25) is 14.4 Å². The van der Waals surface area contributed by atoms with Gasteiger partial charge in [-0.1, -0.05) is 16.6 Å². The lowest BCUT2D eigenvalue weighted by Gasteiger charge is -2.18. The van der Waals surface area contributed by atoms with Crippen LogP contribution in [-0.2, 0) is 19.7 Å². The summed E-state index contributed by atoms with van der Waals surface area (Å²) in [5.41, 5.74) is 0.665. The first kappa shape index (κ1) is 22.3. The summed E-state index contributed by atoms with van der Waals surface area (Å²) in [4.78, 5) is 30.7. The molecule has 9 nitrogen and oxygen atoms in total. The fourth-order valence-electron chi connectivity index (χ4n) is 2.45. The Bertz CT molecular complexity index is 993. The lowest BCUT2D eigenvalue weighted by Crippen LogP contribution is -2.35. The van der Waals surface area contributed by atoms with Crippen molar-refractivity contribution in [3.8, 4) is 5.75 Å². The van der Waals surface area contributed by atoms with Crippen LogP contribution in [0.4, 0.5) is 5.69 Å². The second kappa shape index (κ2) is 9.50. The maximum absolute atomic E-state index is 12.6. The number of methoxy groups -OCH3 is 1. The van der Waals surface area contributed by atoms with Crippen molar-refractivity contribution < 1.29 is 27.6 Å². The number of hydrogen-bond donors (Lipinski definition) is 1. The van der Waals surface area contributed by atoms with Gasteiger partial charge in [0.05, 0.1) is 25.7 Å². The highest BCUT2D eigenvalue weighted by Crippen LogP contribution is 2.18. The molecule has 0 spiro atoms. The molecule has 0 aromatic heterocycles. The molecule has 0 aliphatic heterocycles. The van der Waals surface area contributed by atoms with Gasteiger partial charge in [-0.05, 0) is 30.3 Å². The van der Waals surface area contributed by atoms with E-state index in [1.807, 2.05) is 0 Å². The second-order valence-corrected chi connectivity index (χ2v) is 8.00. The number of nitrogens with one attached hydrogen (secondary N) is 1. The van der Waals surface area contributed by atoms with Crippen molar-refractivity contribution in [3.63, 3.8) is 0 Å². The van der Waals surface area contributed by atoms with Crippen molar-refractivity contribution in [1.82, 2.24) is 9.37 Å². The van der Waals surface area contributed by atoms with Crippen LogP contribution in [-0.4, -0.2) is 64.5 Å². The third kappa shape index (κ3) is 5.53. The molecule has 2 rings (SSSR count). The Kier molecular flexibility index (Phi) is 7.32. The first-order valence-corrected chi connectivity index (χ1v) is 9.95. The summed E-state index contributed by atoms with van der Waals surface area (Å²) in [6, 6.07) is 12.3. The summed E-state index contributed by atoms with van der Waals surface area (Å²) >= 11 is 0. The van der Waals surface area contributed by atoms with Gasteiger partial charge in [0.2, 0.25) is 5.91 Å². The van der Waals surface area contributed by atoms with E-state index in [2.05, 4.69) is 5.32 Å². The number of anilines is 1. The van der Waals surface area contributed by atoms with Crippen LogP contribution in [0.2, 0.25) is 0 Å². The van der Waals surface area contributed by atoms with Gasteiger partial charge >= 0.3 is 0 Å². The van der Waals surface area contributed by atoms with Gasteiger partial charge in [-0.15, -0.1) is 0 Å². The zero-order chi connectivity index (χ0) is 21.6. The van der Waals surface area contributed by atoms with Crippen LogP contribution in [0.5, 0.6) is 5.75 Å². The minimum atomic E-state index is -3.89. The van der Waals surface area contributed by atoms with Gasteiger partial charge in [-0.25, -0.2) is 8.42 Å². The van der Waals surface area contributed by atoms with Crippen molar-refractivity contribution >= 4 is 27.5 Å². The number of hydrogen-bond acceptors (Lipinski definition) is 6. The first-order valence-electron chi connectivity index (χ1n) is 8.51. The summed E-state index contributed by atoms with van der Waals surface area (Å²) in [6.07, 6.45) is 0. The Hall–Kier alpha value is -2.95. The molecule has 0 bridgehead atoms. The molecule has 0 aliphatic rings. The molecule has 156 valence electrons. The largest absolute Gasteiger partial charge is 0.497 e. The van der Waals surface area contributed by atoms with Crippen LogP contribution >= 0.6 is 0 Å². The van der Waals surface area contributed by atoms with Crippen LogP contribution in [0.25, 0.3) is 0 Å². The van der Waals surface area contributed by atoms with Gasteiger partial charge in [0.25, 0.3) is 15.9 Å².